The van der Waals surface area contributed by atoms with E-state index >= 15 is 0 Å². The van der Waals surface area contributed by atoms with Crippen molar-refractivity contribution in [3.8, 4) is 11.5 Å². The molecule has 0 radical (unpaired) electrons. The summed E-state index contributed by atoms with van der Waals surface area (Å²) in [6, 6.07) is 8.25. The van der Waals surface area contributed by atoms with Crippen LogP contribution in [0.3, 0.4) is 0 Å². The van der Waals surface area contributed by atoms with Gasteiger partial charge in [-0.3, -0.25) is 4.79 Å². The van der Waals surface area contributed by atoms with E-state index in [2.05, 4.69) is 12.1 Å². The summed E-state index contributed by atoms with van der Waals surface area (Å²) < 4.78 is 22.4. The summed E-state index contributed by atoms with van der Waals surface area (Å²) in [6.45, 7) is 0.237. The van der Waals surface area contributed by atoms with Crippen LogP contribution in [0, 0.1) is 5.92 Å². The molecule has 1 fully saturated rings. The second-order valence-electron chi connectivity index (χ2n) is 7.51. The Morgan fingerprint density at radius 2 is 1.85 bits per heavy atom. The van der Waals surface area contributed by atoms with E-state index in [1.165, 1.54) is 5.56 Å². The maximum Gasteiger partial charge on any atom is 0.233 e. The Labute approximate surface area is 157 Å². The van der Waals surface area contributed by atoms with Gasteiger partial charge in [-0.2, -0.15) is 0 Å². The summed E-state index contributed by atoms with van der Waals surface area (Å²) >= 11 is 0. The van der Waals surface area contributed by atoms with Crippen LogP contribution in [0.25, 0.3) is 10.8 Å². The number of rotatable bonds is 2. The zero-order valence-corrected chi connectivity index (χ0v) is 15.7. The van der Waals surface area contributed by atoms with E-state index in [1.807, 2.05) is 19.2 Å². The summed E-state index contributed by atoms with van der Waals surface area (Å²) in [5, 5.41) is 2.07. The number of amides is 1. The minimum Gasteiger partial charge on any atom is -0.454 e. The van der Waals surface area contributed by atoms with E-state index in [0.717, 1.165) is 40.8 Å². The van der Waals surface area contributed by atoms with Crippen LogP contribution < -0.4 is 14.4 Å². The largest absolute Gasteiger partial charge is 0.454 e. The van der Waals surface area contributed by atoms with E-state index in [1.54, 1.807) is 19.1 Å². The van der Waals surface area contributed by atoms with Crippen LogP contribution >= 0.6 is 0 Å². The molecule has 0 saturated heterocycles. The highest BCUT2D eigenvalue weighted by atomic mass is 16.7. The van der Waals surface area contributed by atoms with Crippen molar-refractivity contribution in [1.29, 1.82) is 0 Å². The van der Waals surface area contributed by atoms with E-state index in [4.69, 9.17) is 18.9 Å². The standard InChI is InChI=1S/C21H23NO5/c1-22-19-13(5-4-11-8-16-17(9-14(11)19)27-10-26-16)12-6-7-15(24-2)20(25-3)18(12)21(22)23/h4-5,8-9,12,15,18,20H,6-7,10H2,1-3H3. The van der Waals surface area contributed by atoms with Crippen LogP contribution in [0.5, 0.6) is 11.5 Å². The highest BCUT2D eigenvalue weighted by molar-refractivity contribution is 6.09. The lowest BCUT2D eigenvalue weighted by Gasteiger charge is -2.46. The maximum atomic E-state index is 13.4. The third kappa shape index (κ3) is 2.29. The van der Waals surface area contributed by atoms with E-state index < -0.39 is 0 Å². The quantitative estimate of drug-likeness (QED) is 0.814. The summed E-state index contributed by atoms with van der Waals surface area (Å²) in [5.74, 6) is 1.49. The van der Waals surface area contributed by atoms with Gasteiger partial charge in [0.1, 0.15) is 0 Å². The molecule has 4 atom stereocenters. The average Bonchev–Trinajstić information content (AvgIpc) is 3.15. The summed E-state index contributed by atoms with van der Waals surface area (Å²) in [4.78, 5) is 15.1. The lowest BCUT2D eigenvalue weighted by atomic mass is 9.69. The number of hydrogen-bond donors (Lipinski definition) is 0. The van der Waals surface area contributed by atoms with Crippen molar-refractivity contribution in [2.75, 3.05) is 33.0 Å². The average molecular weight is 369 g/mol. The fourth-order valence-corrected chi connectivity index (χ4v) is 5.08. The van der Waals surface area contributed by atoms with Gasteiger partial charge in [0.05, 0.1) is 23.8 Å². The molecule has 2 aromatic carbocycles. The second-order valence-corrected chi connectivity index (χ2v) is 7.51. The summed E-state index contributed by atoms with van der Waals surface area (Å²) in [5.41, 5.74) is 2.17. The fourth-order valence-electron chi connectivity index (χ4n) is 5.08. The highest BCUT2D eigenvalue weighted by Crippen LogP contribution is 2.51. The first-order valence-electron chi connectivity index (χ1n) is 9.33. The smallest absolute Gasteiger partial charge is 0.233 e. The van der Waals surface area contributed by atoms with Crippen molar-refractivity contribution in [2.24, 2.45) is 5.92 Å². The third-order valence-corrected chi connectivity index (χ3v) is 6.36. The Bertz CT molecular complexity index is 926. The molecule has 27 heavy (non-hydrogen) atoms. The van der Waals surface area contributed by atoms with Crippen LogP contribution in [0.15, 0.2) is 24.3 Å². The first-order chi connectivity index (χ1) is 13.1. The molecule has 0 spiro atoms. The van der Waals surface area contributed by atoms with Gasteiger partial charge >= 0.3 is 0 Å². The Balaban J connectivity index is 1.69. The fraction of sp³-hybridized carbons (Fsp3) is 0.476. The molecule has 1 aliphatic carbocycles. The van der Waals surface area contributed by atoms with Crippen LogP contribution in [0.4, 0.5) is 5.69 Å². The minimum atomic E-state index is -0.232. The molecule has 0 bridgehead atoms. The number of carbonyl (C=O) groups excluding carboxylic acids is 1. The Hall–Kier alpha value is -2.31. The molecule has 142 valence electrons. The number of nitrogens with zero attached hydrogens (tertiary/aromatic N) is 1. The molecule has 6 heteroatoms. The number of ether oxygens (including phenoxy) is 4. The Morgan fingerprint density at radius 1 is 1.07 bits per heavy atom. The van der Waals surface area contributed by atoms with E-state index in [0.29, 0.717) is 0 Å². The van der Waals surface area contributed by atoms with Gasteiger partial charge < -0.3 is 23.8 Å². The van der Waals surface area contributed by atoms with Crippen molar-refractivity contribution < 1.29 is 23.7 Å². The van der Waals surface area contributed by atoms with Crippen LogP contribution in [0.2, 0.25) is 0 Å². The van der Waals surface area contributed by atoms with Crippen molar-refractivity contribution in [2.45, 2.75) is 31.0 Å². The number of fused-ring (bicyclic) bond motifs is 6. The lowest BCUT2D eigenvalue weighted by Crippen LogP contribution is -2.53. The van der Waals surface area contributed by atoms with Gasteiger partial charge in [-0.05, 0) is 35.9 Å². The van der Waals surface area contributed by atoms with E-state index in [-0.39, 0.29) is 36.7 Å². The SMILES string of the molecule is COC1CCC2c3ccc4cc5c(cc4c3N(C)C(=O)C2C1OC)OCO5. The van der Waals surface area contributed by atoms with E-state index in [9.17, 15) is 4.79 Å². The normalized spacial score (nSPS) is 29.0. The monoisotopic (exact) mass is 369 g/mol. The third-order valence-electron chi connectivity index (χ3n) is 6.36. The van der Waals surface area contributed by atoms with Gasteiger partial charge in [0.15, 0.2) is 11.5 Å². The molecular weight excluding hydrogens is 346 g/mol. The molecule has 0 aromatic heterocycles. The van der Waals surface area contributed by atoms with Crippen LogP contribution in [0.1, 0.15) is 24.3 Å². The molecular formula is C21H23NO5. The maximum absolute atomic E-state index is 13.4. The van der Waals surface area contributed by atoms with Crippen molar-refractivity contribution in [3.63, 3.8) is 0 Å². The highest BCUT2D eigenvalue weighted by Gasteiger charge is 2.49. The summed E-state index contributed by atoms with van der Waals surface area (Å²) in [6.07, 6.45) is 1.51. The van der Waals surface area contributed by atoms with Crippen molar-refractivity contribution in [3.05, 3.63) is 29.8 Å². The molecule has 5 rings (SSSR count). The van der Waals surface area contributed by atoms with Crippen LogP contribution in [-0.2, 0) is 14.3 Å². The molecule has 4 unspecified atom stereocenters. The first kappa shape index (κ1) is 16.8. The van der Waals surface area contributed by atoms with Gasteiger partial charge in [-0.1, -0.05) is 12.1 Å². The molecule has 6 nitrogen and oxygen atoms in total. The molecule has 0 N–H and O–H groups in total. The van der Waals surface area contributed by atoms with Gasteiger partial charge in [-0.25, -0.2) is 0 Å². The molecule has 3 aliphatic rings. The molecule has 1 amide bonds. The predicted octanol–water partition coefficient (Wildman–Crippen LogP) is 3.07. The van der Waals surface area contributed by atoms with Gasteiger partial charge in [0, 0.05) is 32.6 Å². The predicted molar refractivity (Wildman–Crippen MR) is 101 cm³/mol. The van der Waals surface area contributed by atoms with Gasteiger partial charge in [-0.15, -0.1) is 0 Å². The Kier molecular flexibility index (Phi) is 3.81. The molecule has 2 aromatic rings. The lowest BCUT2D eigenvalue weighted by molar-refractivity contribution is -0.141. The topological polar surface area (TPSA) is 57.2 Å². The van der Waals surface area contributed by atoms with Crippen molar-refractivity contribution in [1.82, 2.24) is 0 Å². The Morgan fingerprint density at radius 3 is 2.59 bits per heavy atom. The summed E-state index contributed by atoms with van der Waals surface area (Å²) in [7, 11) is 5.21. The molecule has 1 saturated carbocycles. The van der Waals surface area contributed by atoms with Crippen LogP contribution in [-0.4, -0.2) is 46.2 Å². The number of carbonyl (C=O) groups is 1. The minimum absolute atomic E-state index is 0.0515. The number of hydrogen-bond acceptors (Lipinski definition) is 5. The number of methoxy groups -OCH3 is 2. The first-order valence-corrected chi connectivity index (χ1v) is 9.33. The van der Waals surface area contributed by atoms with Crippen molar-refractivity contribution >= 4 is 22.4 Å². The number of benzene rings is 2. The van der Waals surface area contributed by atoms with Gasteiger partial charge in [0.2, 0.25) is 12.7 Å². The second kappa shape index (κ2) is 6.11. The molecule has 2 aliphatic heterocycles. The number of anilines is 1. The van der Waals surface area contributed by atoms with Gasteiger partial charge in [0.25, 0.3) is 0 Å². The molecule has 2 heterocycles. The zero-order chi connectivity index (χ0) is 18.7. The zero-order valence-electron chi connectivity index (χ0n) is 15.7.